The molecule has 3 aromatic carbocycles. The second-order valence-corrected chi connectivity index (χ2v) is 8.17. The van der Waals surface area contributed by atoms with E-state index < -0.39 is 5.82 Å². The molecule has 4 rings (SSSR count). The third kappa shape index (κ3) is 4.60. The molecule has 1 amide bonds. The van der Waals surface area contributed by atoms with Crippen molar-refractivity contribution in [2.24, 2.45) is 0 Å². The maximum absolute atomic E-state index is 13.9. The van der Waals surface area contributed by atoms with E-state index in [1.807, 2.05) is 0 Å². The van der Waals surface area contributed by atoms with Crippen molar-refractivity contribution in [2.75, 3.05) is 11.9 Å². The number of anilines is 1. The Morgan fingerprint density at radius 3 is 2.40 bits per heavy atom. The Morgan fingerprint density at radius 2 is 1.70 bits per heavy atom. The van der Waals surface area contributed by atoms with Crippen LogP contribution in [0.5, 0.6) is 0 Å². The maximum Gasteiger partial charge on any atom is 0.241 e. The lowest BCUT2D eigenvalue weighted by Gasteiger charge is -2.24. The van der Waals surface area contributed by atoms with Crippen molar-refractivity contribution in [1.82, 2.24) is 4.90 Å². The summed E-state index contributed by atoms with van der Waals surface area (Å²) < 4.78 is 13.9. The quantitative estimate of drug-likeness (QED) is 0.593. The molecular formula is C26H27FN2O. The molecule has 1 aliphatic heterocycles. The van der Waals surface area contributed by atoms with Crippen LogP contribution in [-0.4, -0.2) is 23.4 Å². The fraction of sp³-hybridized carbons (Fsp3) is 0.269. The van der Waals surface area contributed by atoms with Gasteiger partial charge in [0.2, 0.25) is 5.91 Å². The summed E-state index contributed by atoms with van der Waals surface area (Å²) in [5.74, 6) is -0.540. The predicted octanol–water partition coefficient (Wildman–Crippen LogP) is 5.71. The van der Waals surface area contributed by atoms with Crippen LogP contribution in [0.1, 0.15) is 29.5 Å². The van der Waals surface area contributed by atoms with Gasteiger partial charge in [0.05, 0.1) is 11.7 Å². The van der Waals surface area contributed by atoms with Gasteiger partial charge in [-0.1, -0.05) is 65.7 Å². The van der Waals surface area contributed by atoms with Gasteiger partial charge in [-0.25, -0.2) is 4.39 Å². The van der Waals surface area contributed by atoms with Gasteiger partial charge in [-0.15, -0.1) is 0 Å². The van der Waals surface area contributed by atoms with Crippen LogP contribution >= 0.6 is 0 Å². The van der Waals surface area contributed by atoms with Crippen LogP contribution in [0.25, 0.3) is 11.1 Å². The minimum Gasteiger partial charge on any atom is -0.322 e. The zero-order valence-electron chi connectivity index (χ0n) is 17.5. The van der Waals surface area contributed by atoms with E-state index in [2.05, 4.69) is 66.5 Å². The van der Waals surface area contributed by atoms with Crippen LogP contribution < -0.4 is 5.32 Å². The summed E-state index contributed by atoms with van der Waals surface area (Å²) >= 11 is 0. The zero-order chi connectivity index (χ0) is 21.1. The molecule has 1 saturated heterocycles. The molecule has 3 aromatic rings. The second-order valence-electron chi connectivity index (χ2n) is 8.17. The molecule has 4 heteroatoms. The van der Waals surface area contributed by atoms with Crippen molar-refractivity contribution in [1.29, 1.82) is 0 Å². The molecule has 1 N–H and O–H groups in total. The van der Waals surface area contributed by atoms with E-state index in [0.717, 1.165) is 19.4 Å². The molecule has 1 fully saturated rings. The van der Waals surface area contributed by atoms with Crippen molar-refractivity contribution >= 4 is 11.6 Å². The van der Waals surface area contributed by atoms with Gasteiger partial charge in [-0.3, -0.25) is 9.69 Å². The van der Waals surface area contributed by atoms with E-state index in [-0.39, 0.29) is 17.6 Å². The molecule has 1 atom stereocenters. The molecule has 0 radical (unpaired) electrons. The van der Waals surface area contributed by atoms with Crippen LogP contribution in [0, 0.1) is 19.7 Å². The lowest BCUT2D eigenvalue weighted by Crippen LogP contribution is -2.39. The topological polar surface area (TPSA) is 32.3 Å². The Labute approximate surface area is 177 Å². The SMILES string of the molecule is Cc1cc(C)cc(-c2ccc(CN3CCCC3C(=O)Nc3ccccc3F)cc2)c1. The summed E-state index contributed by atoms with van der Waals surface area (Å²) in [6, 6.07) is 21.2. The first kappa shape index (κ1) is 20.3. The van der Waals surface area contributed by atoms with Gasteiger partial charge in [-0.05, 0) is 62.1 Å². The van der Waals surface area contributed by atoms with Crippen molar-refractivity contribution in [2.45, 2.75) is 39.3 Å². The summed E-state index contributed by atoms with van der Waals surface area (Å²) in [7, 11) is 0. The highest BCUT2D eigenvalue weighted by Crippen LogP contribution is 2.25. The first-order chi connectivity index (χ1) is 14.5. The van der Waals surface area contributed by atoms with Crippen LogP contribution in [0.3, 0.4) is 0 Å². The minimum absolute atomic E-state index is 0.135. The van der Waals surface area contributed by atoms with Gasteiger partial charge in [0.25, 0.3) is 0 Å². The Bertz CT molecular complexity index is 1020. The van der Waals surface area contributed by atoms with E-state index in [4.69, 9.17) is 0 Å². The fourth-order valence-electron chi connectivity index (χ4n) is 4.27. The maximum atomic E-state index is 13.9. The molecule has 0 aromatic heterocycles. The summed E-state index contributed by atoms with van der Waals surface area (Å²) in [4.78, 5) is 14.9. The van der Waals surface area contributed by atoms with Crippen LogP contribution in [-0.2, 0) is 11.3 Å². The third-order valence-corrected chi connectivity index (χ3v) is 5.69. The lowest BCUT2D eigenvalue weighted by atomic mass is 9.99. The second kappa shape index (κ2) is 8.80. The predicted molar refractivity (Wildman–Crippen MR) is 120 cm³/mol. The molecule has 30 heavy (non-hydrogen) atoms. The Balaban J connectivity index is 1.44. The number of nitrogens with zero attached hydrogens (tertiary/aromatic N) is 1. The molecule has 1 heterocycles. The number of carbonyl (C=O) groups excluding carboxylic acids is 1. The number of hydrogen-bond donors (Lipinski definition) is 1. The van der Waals surface area contributed by atoms with Crippen LogP contribution in [0.2, 0.25) is 0 Å². The Kier molecular flexibility index (Phi) is 5.96. The number of para-hydroxylation sites is 1. The van der Waals surface area contributed by atoms with Gasteiger partial charge in [0.1, 0.15) is 5.82 Å². The van der Waals surface area contributed by atoms with Crippen molar-refractivity contribution in [3.05, 3.63) is 89.2 Å². The smallest absolute Gasteiger partial charge is 0.241 e. The van der Waals surface area contributed by atoms with Gasteiger partial charge in [-0.2, -0.15) is 0 Å². The number of benzene rings is 3. The molecule has 0 spiro atoms. The molecule has 154 valence electrons. The van der Waals surface area contributed by atoms with Crippen LogP contribution in [0.4, 0.5) is 10.1 Å². The number of halogens is 1. The van der Waals surface area contributed by atoms with Crippen molar-refractivity contribution in [3.8, 4) is 11.1 Å². The lowest BCUT2D eigenvalue weighted by molar-refractivity contribution is -0.120. The number of rotatable bonds is 5. The first-order valence-electron chi connectivity index (χ1n) is 10.5. The standard InChI is InChI=1S/C26H27FN2O/c1-18-14-19(2)16-22(15-18)21-11-9-20(10-12-21)17-29-13-5-8-25(29)26(30)28-24-7-4-3-6-23(24)27/h3-4,6-7,9-12,14-16,25H,5,8,13,17H2,1-2H3,(H,28,30). The van der Waals surface area contributed by atoms with Gasteiger partial charge in [0.15, 0.2) is 0 Å². The first-order valence-corrected chi connectivity index (χ1v) is 10.5. The number of nitrogens with one attached hydrogen (secondary N) is 1. The highest BCUT2D eigenvalue weighted by Gasteiger charge is 2.31. The van der Waals surface area contributed by atoms with E-state index in [1.165, 1.54) is 33.9 Å². The Hall–Kier alpha value is -2.98. The van der Waals surface area contributed by atoms with E-state index in [9.17, 15) is 9.18 Å². The average molecular weight is 403 g/mol. The zero-order valence-corrected chi connectivity index (χ0v) is 17.5. The monoisotopic (exact) mass is 402 g/mol. The molecule has 0 aliphatic carbocycles. The van der Waals surface area contributed by atoms with E-state index >= 15 is 0 Å². The van der Waals surface area contributed by atoms with Gasteiger partial charge in [0, 0.05) is 6.54 Å². The van der Waals surface area contributed by atoms with Crippen molar-refractivity contribution in [3.63, 3.8) is 0 Å². The van der Waals surface area contributed by atoms with Crippen LogP contribution in [0.15, 0.2) is 66.7 Å². The third-order valence-electron chi connectivity index (χ3n) is 5.69. The summed E-state index contributed by atoms with van der Waals surface area (Å²) in [5, 5.41) is 2.75. The highest BCUT2D eigenvalue weighted by atomic mass is 19.1. The molecule has 1 unspecified atom stereocenters. The number of aryl methyl sites for hydroxylation is 2. The molecule has 1 aliphatic rings. The Morgan fingerprint density at radius 1 is 1.00 bits per heavy atom. The number of carbonyl (C=O) groups is 1. The molecule has 0 bridgehead atoms. The van der Waals surface area contributed by atoms with Gasteiger partial charge < -0.3 is 5.32 Å². The number of amides is 1. The highest BCUT2D eigenvalue weighted by molar-refractivity contribution is 5.95. The number of hydrogen-bond acceptors (Lipinski definition) is 2. The largest absolute Gasteiger partial charge is 0.322 e. The van der Waals surface area contributed by atoms with Crippen molar-refractivity contribution < 1.29 is 9.18 Å². The van der Waals surface area contributed by atoms with E-state index in [1.54, 1.807) is 18.2 Å². The minimum atomic E-state index is -0.405. The fourth-order valence-corrected chi connectivity index (χ4v) is 4.27. The molecule has 3 nitrogen and oxygen atoms in total. The summed E-state index contributed by atoms with van der Waals surface area (Å²) in [5.41, 5.74) is 6.36. The summed E-state index contributed by atoms with van der Waals surface area (Å²) in [6.45, 7) is 5.81. The molecule has 0 saturated carbocycles. The molecular weight excluding hydrogens is 375 g/mol. The summed E-state index contributed by atoms with van der Waals surface area (Å²) in [6.07, 6.45) is 1.76. The normalized spacial score (nSPS) is 16.6. The van der Waals surface area contributed by atoms with Gasteiger partial charge >= 0.3 is 0 Å². The average Bonchev–Trinajstić information content (AvgIpc) is 3.18. The number of likely N-dealkylation sites (tertiary alicyclic amines) is 1. The van der Waals surface area contributed by atoms with E-state index in [0.29, 0.717) is 6.54 Å².